The number of hydrogen-bond donors (Lipinski definition) is 1. The minimum atomic E-state index is -0.0440. The molecule has 66 valence electrons. The summed E-state index contributed by atoms with van der Waals surface area (Å²) in [7, 11) is 0. The number of hydrogen-bond acceptors (Lipinski definition) is 4. The second kappa shape index (κ2) is 3.32. The van der Waals surface area contributed by atoms with E-state index < -0.39 is 0 Å². The molecule has 1 N–H and O–H groups in total. The van der Waals surface area contributed by atoms with Crippen molar-refractivity contribution in [3.8, 4) is 5.69 Å². The van der Waals surface area contributed by atoms with Crippen LogP contribution in [0.4, 0.5) is 0 Å². The summed E-state index contributed by atoms with van der Waals surface area (Å²) in [6, 6.07) is 3.57. The summed E-state index contributed by atoms with van der Waals surface area (Å²) < 4.78 is 1.61. The van der Waals surface area contributed by atoms with E-state index in [0.29, 0.717) is 5.69 Å². The first kappa shape index (κ1) is 7.88. The van der Waals surface area contributed by atoms with Gasteiger partial charge < -0.3 is 5.11 Å². The normalized spacial score (nSPS) is 10.2. The summed E-state index contributed by atoms with van der Waals surface area (Å²) in [5, 5.41) is 12.7. The highest BCUT2D eigenvalue weighted by atomic mass is 16.3. The van der Waals surface area contributed by atoms with Gasteiger partial charge in [0.15, 0.2) is 0 Å². The zero-order chi connectivity index (χ0) is 9.10. The molecule has 0 saturated carbocycles. The first-order chi connectivity index (χ1) is 6.40. The molecule has 0 aromatic carbocycles. The van der Waals surface area contributed by atoms with Crippen LogP contribution in [0.5, 0.6) is 0 Å². The summed E-state index contributed by atoms with van der Waals surface area (Å²) in [5.41, 5.74) is 1.47. The van der Waals surface area contributed by atoms with Crippen LogP contribution in [0, 0.1) is 0 Å². The predicted molar refractivity (Wildman–Crippen MR) is 45.1 cm³/mol. The van der Waals surface area contributed by atoms with E-state index in [1.54, 1.807) is 23.3 Å². The fourth-order valence-corrected chi connectivity index (χ4v) is 0.987. The van der Waals surface area contributed by atoms with Gasteiger partial charge in [-0.1, -0.05) is 0 Å². The number of aliphatic hydroxyl groups is 1. The summed E-state index contributed by atoms with van der Waals surface area (Å²) in [4.78, 5) is 7.83. The Hall–Kier alpha value is -1.75. The fourth-order valence-electron chi connectivity index (χ4n) is 0.987. The average Bonchev–Trinajstić information content (AvgIpc) is 2.71. The van der Waals surface area contributed by atoms with Gasteiger partial charge in [-0.3, -0.25) is 4.98 Å². The highest BCUT2D eigenvalue weighted by Crippen LogP contribution is 2.03. The van der Waals surface area contributed by atoms with Crippen LogP contribution >= 0.6 is 0 Å². The van der Waals surface area contributed by atoms with Crippen molar-refractivity contribution in [1.29, 1.82) is 0 Å². The van der Waals surface area contributed by atoms with Gasteiger partial charge in [0.1, 0.15) is 12.7 Å². The van der Waals surface area contributed by atoms with E-state index in [1.807, 2.05) is 6.07 Å². The van der Waals surface area contributed by atoms with Crippen molar-refractivity contribution in [3.63, 3.8) is 0 Å². The predicted octanol–water partition coefficient (Wildman–Crippen LogP) is 0.155. The second-order valence-electron chi connectivity index (χ2n) is 2.51. The highest BCUT2D eigenvalue weighted by molar-refractivity contribution is 5.27. The van der Waals surface area contributed by atoms with Gasteiger partial charge in [0.25, 0.3) is 0 Å². The first-order valence-corrected chi connectivity index (χ1v) is 3.81. The summed E-state index contributed by atoms with van der Waals surface area (Å²) in [6.45, 7) is -0.0440. The molecular formula is C8H8N4O. The van der Waals surface area contributed by atoms with Crippen LogP contribution in [0.2, 0.25) is 0 Å². The molecule has 2 aromatic rings. The first-order valence-electron chi connectivity index (χ1n) is 3.81. The Labute approximate surface area is 74.7 Å². The molecular weight excluding hydrogens is 168 g/mol. The zero-order valence-corrected chi connectivity index (χ0v) is 6.83. The Bertz CT molecular complexity index is 368. The zero-order valence-electron chi connectivity index (χ0n) is 6.83. The van der Waals surface area contributed by atoms with Gasteiger partial charge in [-0.15, -0.1) is 0 Å². The van der Waals surface area contributed by atoms with E-state index in [2.05, 4.69) is 15.1 Å². The lowest BCUT2D eigenvalue weighted by atomic mass is 10.3. The molecule has 0 amide bonds. The van der Waals surface area contributed by atoms with Crippen LogP contribution in [0.1, 0.15) is 5.69 Å². The highest BCUT2D eigenvalue weighted by Gasteiger charge is 1.96. The van der Waals surface area contributed by atoms with Gasteiger partial charge in [0, 0.05) is 0 Å². The van der Waals surface area contributed by atoms with Gasteiger partial charge in [0.05, 0.1) is 24.2 Å². The topological polar surface area (TPSA) is 63.8 Å². The van der Waals surface area contributed by atoms with E-state index in [0.717, 1.165) is 5.69 Å². The van der Waals surface area contributed by atoms with Crippen LogP contribution in [-0.4, -0.2) is 24.9 Å². The largest absolute Gasteiger partial charge is 0.390 e. The minimum absolute atomic E-state index is 0.0440. The SMILES string of the molecule is OCc1ccc(-n2cncn2)cn1. The van der Waals surface area contributed by atoms with E-state index in [9.17, 15) is 0 Å². The molecule has 5 nitrogen and oxygen atoms in total. The van der Waals surface area contributed by atoms with Crippen molar-refractivity contribution in [2.75, 3.05) is 0 Å². The molecule has 0 aliphatic rings. The van der Waals surface area contributed by atoms with Gasteiger partial charge in [-0.2, -0.15) is 5.10 Å². The van der Waals surface area contributed by atoms with Gasteiger partial charge in [-0.25, -0.2) is 9.67 Å². The summed E-state index contributed by atoms with van der Waals surface area (Å²) in [6.07, 6.45) is 4.69. The standard InChI is InChI=1S/C8H8N4O/c13-4-7-1-2-8(3-10-7)12-6-9-5-11-12/h1-3,5-6,13H,4H2. The Kier molecular flexibility index (Phi) is 2.01. The van der Waals surface area contributed by atoms with Crippen LogP contribution in [0.3, 0.4) is 0 Å². The fraction of sp³-hybridized carbons (Fsp3) is 0.125. The third kappa shape index (κ3) is 1.54. The quantitative estimate of drug-likeness (QED) is 0.707. The Morgan fingerprint density at radius 2 is 2.31 bits per heavy atom. The summed E-state index contributed by atoms with van der Waals surface area (Å²) >= 11 is 0. The van der Waals surface area contributed by atoms with Crippen LogP contribution < -0.4 is 0 Å². The van der Waals surface area contributed by atoms with Crippen molar-refractivity contribution in [2.45, 2.75) is 6.61 Å². The Morgan fingerprint density at radius 1 is 1.38 bits per heavy atom. The summed E-state index contributed by atoms with van der Waals surface area (Å²) in [5.74, 6) is 0. The van der Waals surface area contributed by atoms with E-state index in [4.69, 9.17) is 5.11 Å². The van der Waals surface area contributed by atoms with Crippen molar-refractivity contribution in [3.05, 3.63) is 36.7 Å². The molecule has 0 aliphatic carbocycles. The molecule has 0 spiro atoms. The van der Waals surface area contributed by atoms with Gasteiger partial charge >= 0.3 is 0 Å². The maximum atomic E-state index is 8.76. The Morgan fingerprint density at radius 3 is 2.85 bits per heavy atom. The van der Waals surface area contributed by atoms with Crippen LogP contribution in [0.25, 0.3) is 5.69 Å². The molecule has 0 fully saturated rings. The molecule has 13 heavy (non-hydrogen) atoms. The van der Waals surface area contributed by atoms with E-state index in [-0.39, 0.29) is 6.61 Å². The molecule has 2 rings (SSSR count). The Balaban J connectivity index is 2.33. The van der Waals surface area contributed by atoms with Crippen molar-refractivity contribution in [1.82, 2.24) is 19.7 Å². The van der Waals surface area contributed by atoms with Crippen LogP contribution in [0.15, 0.2) is 31.0 Å². The van der Waals surface area contributed by atoms with Crippen molar-refractivity contribution < 1.29 is 5.11 Å². The molecule has 5 heteroatoms. The monoisotopic (exact) mass is 176 g/mol. The average molecular weight is 176 g/mol. The third-order valence-corrected chi connectivity index (χ3v) is 1.65. The van der Waals surface area contributed by atoms with E-state index >= 15 is 0 Å². The minimum Gasteiger partial charge on any atom is -0.390 e. The lowest BCUT2D eigenvalue weighted by Crippen LogP contribution is -1.96. The maximum Gasteiger partial charge on any atom is 0.138 e. The lowest BCUT2D eigenvalue weighted by molar-refractivity contribution is 0.277. The second-order valence-corrected chi connectivity index (χ2v) is 2.51. The molecule has 0 radical (unpaired) electrons. The van der Waals surface area contributed by atoms with Crippen molar-refractivity contribution in [2.24, 2.45) is 0 Å². The van der Waals surface area contributed by atoms with E-state index in [1.165, 1.54) is 6.33 Å². The molecule has 0 saturated heterocycles. The number of pyridine rings is 1. The molecule has 2 aromatic heterocycles. The van der Waals surface area contributed by atoms with Gasteiger partial charge in [-0.05, 0) is 12.1 Å². The maximum absolute atomic E-state index is 8.76. The molecule has 2 heterocycles. The molecule has 0 atom stereocenters. The number of aromatic nitrogens is 4. The number of nitrogens with zero attached hydrogens (tertiary/aromatic N) is 4. The van der Waals surface area contributed by atoms with Crippen LogP contribution in [-0.2, 0) is 6.61 Å². The molecule has 0 unspecified atom stereocenters. The van der Waals surface area contributed by atoms with Gasteiger partial charge in [0.2, 0.25) is 0 Å². The molecule has 0 bridgehead atoms. The van der Waals surface area contributed by atoms with Crippen molar-refractivity contribution >= 4 is 0 Å². The smallest absolute Gasteiger partial charge is 0.138 e. The lowest BCUT2D eigenvalue weighted by Gasteiger charge is -1.99. The third-order valence-electron chi connectivity index (χ3n) is 1.65. The molecule has 0 aliphatic heterocycles. The number of rotatable bonds is 2. The number of aliphatic hydroxyl groups excluding tert-OH is 1.